The molecule has 1 fully saturated rings. The maximum atomic E-state index is 9.88. The van der Waals surface area contributed by atoms with Crippen LogP contribution in [0.4, 0.5) is 0 Å². The summed E-state index contributed by atoms with van der Waals surface area (Å²) >= 11 is 0. The van der Waals surface area contributed by atoms with E-state index >= 15 is 0 Å². The first-order chi connectivity index (χ1) is 12.7. The molecule has 0 spiro atoms. The number of fused-ring (bicyclic) bond motifs is 3. The zero-order chi connectivity index (χ0) is 17.7. The largest absolute Gasteiger partial charge is 0.508 e. The molecule has 0 atom stereocenters. The van der Waals surface area contributed by atoms with Gasteiger partial charge in [0.15, 0.2) is 0 Å². The highest BCUT2D eigenvalue weighted by atomic mass is 16.3. The van der Waals surface area contributed by atoms with Crippen molar-refractivity contribution >= 4 is 0 Å². The quantitative estimate of drug-likeness (QED) is 0.698. The van der Waals surface area contributed by atoms with Crippen molar-refractivity contribution in [2.45, 2.75) is 44.6 Å². The normalized spacial score (nSPS) is 16.5. The van der Waals surface area contributed by atoms with E-state index in [-0.39, 0.29) is 5.75 Å². The summed E-state index contributed by atoms with van der Waals surface area (Å²) in [7, 11) is 0. The van der Waals surface area contributed by atoms with Crippen molar-refractivity contribution in [2.75, 3.05) is 0 Å². The van der Waals surface area contributed by atoms with E-state index in [4.69, 9.17) is 5.10 Å². The molecule has 0 saturated heterocycles. The molecule has 132 valence electrons. The van der Waals surface area contributed by atoms with Crippen molar-refractivity contribution in [2.24, 2.45) is 0 Å². The minimum atomic E-state index is 0.287. The molecule has 0 bridgehead atoms. The monoisotopic (exact) mass is 346 g/mol. The van der Waals surface area contributed by atoms with Crippen LogP contribution in [0.1, 0.15) is 42.9 Å². The zero-order valence-corrected chi connectivity index (χ0v) is 14.7. The number of aryl methyl sites for hydroxylation is 1. The molecule has 1 heterocycles. The van der Waals surface area contributed by atoms with Crippen LogP contribution in [0.3, 0.4) is 0 Å². The Labute approximate surface area is 152 Å². The minimum absolute atomic E-state index is 0.287. The summed E-state index contributed by atoms with van der Waals surface area (Å²) in [5.41, 5.74) is 7.00. The van der Waals surface area contributed by atoms with Gasteiger partial charge in [-0.1, -0.05) is 0 Å². The number of aromatic nitrogens is 2. The van der Waals surface area contributed by atoms with E-state index in [1.807, 2.05) is 24.3 Å². The van der Waals surface area contributed by atoms with Crippen LogP contribution >= 0.6 is 0 Å². The predicted molar refractivity (Wildman–Crippen MR) is 101 cm³/mol. The molecule has 5 rings (SSSR count). The molecule has 2 aliphatic rings. The average molecular weight is 346 g/mol. The van der Waals surface area contributed by atoms with E-state index in [9.17, 15) is 10.2 Å². The summed E-state index contributed by atoms with van der Waals surface area (Å²) in [5, 5.41) is 24.6. The molecule has 1 saturated carbocycles. The molecule has 2 N–H and O–H groups in total. The third kappa shape index (κ3) is 2.40. The van der Waals surface area contributed by atoms with Crippen LogP contribution in [-0.2, 0) is 12.8 Å². The summed E-state index contributed by atoms with van der Waals surface area (Å²) in [6.45, 7) is 0. The highest BCUT2D eigenvalue weighted by Crippen LogP contribution is 2.43. The molecule has 0 amide bonds. The second-order valence-corrected chi connectivity index (χ2v) is 7.45. The van der Waals surface area contributed by atoms with Crippen molar-refractivity contribution in [3.63, 3.8) is 0 Å². The second-order valence-electron chi connectivity index (χ2n) is 7.45. The zero-order valence-electron chi connectivity index (χ0n) is 14.7. The fourth-order valence-electron chi connectivity index (χ4n) is 4.22. The summed E-state index contributed by atoms with van der Waals surface area (Å²) < 4.78 is 2.22. The van der Waals surface area contributed by atoms with E-state index in [0.717, 1.165) is 36.1 Å². The number of aromatic hydroxyl groups is 2. The van der Waals surface area contributed by atoms with Crippen LogP contribution < -0.4 is 0 Å². The molecule has 0 aliphatic heterocycles. The van der Waals surface area contributed by atoms with Gasteiger partial charge in [-0.05, 0) is 86.6 Å². The lowest BCUT2D eigenvalue weighted by Gasteiger charge is -2.28. The van der Waals surface area contributed by atoms with Gasteiger partial charge in [0.2, 0.25) is 0 Å². The first kappa shape index (κ1) is 15.5. The Morgan fingerprint density at radius 3 is 2.38 bits per heavy atom. The van der Waals surface area contributed by atoms with Gasteiger partial charge >= 0.3 is 0 Å². The third-order valence-corrected chi connectivity index (χ3v) is 5.79. The molecule has 3 aromatic rings. The summed E-state index contributed by atoms with van der Waals surface area (Å²) in [6, 6.07) is 13.6. The molecule has 26 heavy (non-hydrogen) atoms. The number of rotatable bonds is 2. The van der Waals surface area contributed by atoms with E-state index < -0.39 is 0 Å². The molecule has 2 aromatic carbocycles. The molecule has 4 heteroatoms. The Balaban J connectivity index is 1.74. The van der Waals surface area contributed by atoms with Gasteiger partial charge in [0.05, 0.1) is 17.4 Å². The van der Waals surface area contributed by atoms with E-state index in [1.165, 1.54) is 36.1 Å². The Morgan fingerprint density at radius 1 is 0.885 bits per heavy atom. The fourth-order valence-corrected chi connectivity index (χ4v) is 4.22. The molecular formula is C22H22N2O2. The van der Waals surface area contributed by atoms with Gasteiger partial charge in [-0.15, -0.1) is 0 Å². The number of nitrogens with zero attached hydrogens (tertiary/aromatic N) is 2. The topological polar surface area (TPSA) is 58.3 Å². The van der Waals surface area contributed by atoms with E-state index in [1.54, 1.807) is 18.2 Å². The van der Waals surface area contributed by atoms with Gasteiger partial charge in [0, 0.05) is 16.7 Å². The number of benzene rings is 2. The molecular weight excluding hydrogens is 324 g/mol. The maximum absolute atomic E-state index is 9.88. The number of hydrogen-bond acceptors (Lipinski definition) is 3. The number of phenols is 2. The predicted octanol–water partition coefficient (Wildman–Crippen LogP) is 4.84. The molecule has 1 aromatic heterocycles. The fraction of sp³-hybridized carbons (Fsp3) is 0.318. The van der Waals surface area contributed by atoms with Crippen molar-refractivity contribution < 1.29 is 10.2 Å². The van der Waals surface area contributed by atoms with Crippen molar-refractivity contribution in [1.82, 2.24) is 9.78 Å². The smallest absolute Gasteiger partial charge is 0.115 e. The number of hydrogen-bond donors (Lipinski definition) is 2. The van der Waals surface area contributed by atoms with E-state index in [0.29, 0.717) is 11.8 Å². The van der Waals surface area contributed by atoms with Crippen LogP contribution in [0.5, 0.6) is 11.5 Å². The maximum Gasteiger partial charge on any atom is 0.115 e. The van der Waals surface area contributed by atoms with Crippen molar-refractivity contribution in [1.29, 1.82) is 0 Å². The molecule has 4 nitrogen and oxygen atoms in total. The average Bonchev–Trinajstić information content (AvgIpc) is 2.84. The lowest BCUT2D eigenvalue weighted by atomic mass is 9.92. The Kier molecular flexibility index (Phi) is 3.52. The number of phenolic OH excluding ortho intramolecular Hbond substituents is 2. The minimum Gasteiger partial charge on any atom is -0.508 e. The summed E-state index contributed by atoms with van der Waals surface area (Å²) in [4.78, 5) is 0. The SMILES string of the molecule is Oc1ccc(-c2c3c(nn2C2CCC2)-c2ccc(O)cc2CCC3)cc1. The Bertz CT molecular complexity index is 969. The van der Waals surface area contributed by atoms with Crippen molar-refractivity contribution in [3.8, 4) is 34.0 Å². The standard InChI is InChI=1S/C22H22N2O2/c25-17-9-7-14(8-10-17)22-20-6-1-3-15-13-18(26)11-12-19(15)21(20)23-24(22)16-4-2-5-16/h7-13,16,25-26H,1-6H2. The van der Waals surface area contributed by atoms with E-state index in [2.05, 4.69) is 4.68 Å². The molecule has 0 radical (unpaired) electrons. The Hall–Kier alpha value is -2.75. The van der Waals surface area contributed by atoms with Gasteiger partial charge in [0.25, 0.3) is 0 Å². The first-order valence-corrected chi connectivity index (χ1v) is 9.44. The summed E-state index contributed by atoms with van der Waals surface area (Å²) in [6.07, 6.45) is 6.59. The summed E-state index contributed by atoms with van der Waals surface area (Å²) in [5.74, 6) is 0.611. The Morgan fingerprint density at radius 2 is 1.65 bits per heavy atom. The van der Waals surface area contributed by atoms with Gasteiger partial charge in [0.1, 0.15) is 11.5 Å². The highest BCUT2D eigenvalue weighted by Gasteiger charge is 2.29. The second kappa shape index (κ2) is 5.90. The van der Waals surface area contributed by atoms with Crippen LogP contribution in [0.15, 0.2) is 42.5 Å². The van der Waals surface area contributed by atoms with Crippen LogP contribution in [0.2, 0.25) is 0 Å². The first-order valence-electron chi connectivity index (χ1n) is 9.44. The third-order valence-electron chi connectivity index (χ3n) is 5.79. The van der Waals surface area contributed by atoms with Gasteiger partial charge in [-0.25, -0.2) is 0 Å². The van der Waals surface area contributed by atoms with Crippen LogP contribution in [-0.4, -0.2) is 20.0 Å². The van der Waals surface area contributed by atoms with Gasteiger partial charge < -0.3 is 10.2 Å². The highest BCUT2D eigenvalue weighted by molar-refractivity contribution is 5.77. The van der Waals surface area contributed by atoms with Crippen LogP contribution in [0.25, 0.3) is 22.5 Å². The lowest BCUT2D eigenvalue weighted by Crippen LogP contribution is -2.19. The van der Waals surface area contributed by atoms with Crippen LogP contribution in [0, 0.1) is 0 Å². The molecule has 2 aliphatic carbocycles. The van der Waals surface area contributed by atoms with Gasteiger partial charge in [-0.2, -0.15) is 5.10 Å². The van der Waals surface area contributed by atoms with Gasteiger partial charge in [-0.3, -0.25) is 4.68 Å². The van der Waals surface area contributed by atoms with Crippen molar-refractivity contribution in [3.05, 3.63) is 53.6 Å². The molecule has 0 unspecified atom stereocenters. The lowest BCUT2D eigenvalue weighted by molar-refractivity contribution is 0.292.